The smallest absolute Gasteiger partial charge is 0.344 e. The van der Waals surface area contributed by atoms with E-state index in [2.05, 4.69) is 15.2 Å². The van der Waals surface area contributed by atoms with Gasteiger partial charge < -0.3 is 14.6 Å². The van der Waals surface area contributed by atoms with Gasteiger partial charge in [0, 0.05) is 16.1 Å². The summed E-state index contributed by atoms with van der Waals surface area (Å²) in [5, 5.41) is 17.3. The van der Waals surface area contributed by atoms with Crippen molar-refractivity contribution in [1.29, 1.82) is 0 Å². The largest absolute Gasteiger partial charge is 0.481 e. The minimum atomic E-state index is -1.15. The van der Waals surface area contributed by atoms with Crippen LogP contribution >= 0.6 is 23.4 Å². The molecule has 3 rings (SSSR count). The molecule has 0 saturated carbocycles. The van der Waals surface area contributed by atoms with Gasteiger partial charge in [0.1, 0.15) is 10.7 Å². The van der Waals surface area contributed by atoms with Crippen molar-refractivity contribution in [2.45, 2.75) is 12.1 Å². The Kier molecular flexibility index (Phi) is 7.69. The number of benzene rings is 2. The predicted octanol–water partition coefficient (Wildman–Crippen LogP) is 4.28. The second-order valence-corrected chi connectivity index (χ2v) is 7.47. The number of para-hydroxylation sites is 1. The van der Waals surface area contributed by atoms with Gasteiger partial charge in [-0.1, -0.05) is 29.8 Å². The summed E-state index contributed by atoms with van der Waals surface area (Å²) < 4.78 is 10.3. The highest BCUT2D eigenvalue weighted by Crippen LogP contribution is 2.30. The van der Waals surface area contributed by atoms with Crippen LogP contribution in [0.5, 0.6) is 5.75 Å². The molecule has 31 heavy (non-hydrogen) atoms. The van der Waals surface area contributed by atoms with Crippen molar-refractivity contribution >= 4 is 41.4 Å². The van der Waals surface area contributed by atoms with Crippen molar-refractivity contribution in [1.82, 2.24) is 15.2 Å². The molecule has 2 N–H and O–H groups in total. The van der Waals surface area contributed by atoms with Crippen molar-refractivity contribution in [3.8, 4) is 17.1 Å². The number of carboxylic acid groups (broad SMARTS) is 1. The second-order valence-electron chi connectivity index (χ2n) is 6.02. The standard InChI is InChI=1S/C21H18ClN3O5S/c1-2-29-18(26)12-30-16-6-4-3-5-14(16)11-17(20(27)28)31-21-23-19(24-25-21)13-7-9-15(22)10-8-13/h3-11H,2,12H2,1H3,(H,27,28)(H,23,24,25)/b17-11-. The van der Waals surface area contributed by atoms with Crippen molar-refractivity contribution in [3.05, 3.63) is 64.0 Å². The Labute approximate surface area is 187 Å². The average molecular weight is 460 g/mol. The summed E-state index contributed by atoms with van der Waals surface area (Å²) in [6.07, 6.45) is 1.44. The number of carbonyl (C=O) groups is 2. The van der Waals surface area contributed by atoms with Gasteiger partial charge in [-0.05, 0) is 55.1 Å². The molecule has 0 fully saturated rings. The second kappa shape index (κ2) is 10.6. The minimum absolute atomic E-state index is 0.0196. The van der Waals surface area contributed by atoms with E-state index in [1.54, 1.807) is 55.5 Å². The molecule has 0 aliphatic rings. The number of esters is 1. The number of hydrogen-bond donors (Lipinski definition) is 2. The van der Waals surface area contributed by atoms with Crippen LogP contribution in [0.2, 0.25) is 5.02 Å². The van der Waals surface area contributed by atoms with Crippen LogP contribution in [-0.2, 0) is 14.3 Å². The summed E-state index contributed by atoms with van der Waals surface area (Å²) in [6.45, 7) is 1.67. The van der Waals surface area contributed by atoms with Gasteiger partial charge in [-0.15, -0.1) is 5.10 Å². The number of aromatic amines is 1. The molecule has 2 aromatic carbocycles. The summed E-state index contributed by atoms with van der Waals surface area (Å²) in [5.41, 5.74) is 1.26. The first-order chi connectivity index (χ1) is 15.0. The number of ether oxygens (including phenoxy) is 2. The number of aromatic nitrogens is 3. The number of halogens is 1. The maximum Gasteiger partial charge on any atom is 0.344 e. The van der Waals surface area contributed by atoms with Crippen molar-refractivity contribution in [2.24, 2.45) is 0 Å². The third-order valence-electron chi connectivity index (χ3n) is 3.85. The molecule has 0 saturated heterocycles. The van der Waals surface area contributed by atoms with E-state index in [1.807, 2.05) is 0 Å². The van der Waals surface area contributed by atoms with Crippen LogP contribution < -0.4 is 4.74 Å². The number of nitrogens with one attached hydrogen (secondary N) is 1. The number of H-pyrrole nitrogens is 1. The first kappa shape index (κ1) is 22.4. The fraction of sp³-hybridized carbons (Fsp3) is 0.143. The van der Waals surface area contributed by atoms with E-state index in [1.165, 1.54) is 6.08 Å². The fourth-order valence-corrected chi connectivity index (χ4v) is 3.30. The number of nitrogens with zero attached hydrogens (tertiary/aromatic N) is 2. The highest BCUT2D eigenvalue weighted by molar-refractivity contribution is 8.04. The first-order valence-electron chi connectivity index (χ1n) is 9.15. The van der Waals surface area contributed by atoms with E-state index in [4.69, 9.17) is 21.1 Å². The van der Waals surface area contributed by atoms with Gasteiger partial charge in [-0.2, -0.15) is 0 Å². The quantitative estimate of drug-likeness (QED) is 0.277. The molecule has 10 heteroatoms. The highest BCUT2D eigenvalue weighted by atomic mass is 35.5. The molecular weight excluding hydrogens is 442 g/mol. The summed E-state index contributed by atoms with van der Waals surface area (Å²) in [5.74, 6) is -0.818. The van der Waals surface area contributed by atoms with Crippen LogP contribution in [0.4, 0.5) is 0 Å². The number of aliphatic carboxylic acids is 1. The molecular formula is C21H18ClN3O5S. The van der Waals surface area contributed by atoms with Crippen LogP contribution in [-0.4, -0.2) is 45.4 Å². The lowest BCUT2D eigenvalue weighted by molar-refractivity contribution is -0.145. The summed E-state index contributed by atoms with van der Waals surface area (Å²) in [4.78, 5) is 27.7. The molecule has 3 aromatic rings. The molecule has 0 aliphatic carbocycles. The number of thioether (sulfide) groups is 1. The lowest BCUT2D eigenvalue weighted by Crippen LogP contribution is -2.14. The maximum atomic E-state index is 11.8. The first-order valence-corrected chi connectivity index (χ1v) is 10.3. The Balaban J connectivity index is 1.79. The Hall–Kier alpha value is -3.30. The molecule has 0 aliphatic heterocycles. The lowest BCUT2D eigenvalue weighted by atomic mass is 10.2. The fourth-order valence-electron chi connectivity index (χ4n) is 2.47. The number of rotatable bonds is 9. The van der Waals surface area contributed by atoms with Gasteiger partial charge >= 0.3 is 11.9 Å². The van der Waals surface area contributed by atoms with Gasteiger partial charge in [0.05, 0.1) is 6.61 Å². The van der Waals surface area contributed by atoms with Crippen LogP contribution in [0, 0.1) is 0 Å². The Bertz CT molecular complexity index is 1100. The highest BCUT2D eigenvalue weighted by Gasteiger charge is 2.16. The maximum absolute atomic E-state index is 11.8. The van der Waals surface area contributed by atoms with E-state index >= 15 is 0 Å². The molecule has 0 atom stereocenters. The molecule has 0 spiro atoms. The molecule has 0 bridgehead atoms. The van der Waals surface area contributed by atoms with E-state index in [0.29, 0.717) is 22.2 Å². The number of hydrogen-bond acceptors (Lipinski definition) is 7. The van der Waals surface area contributed by atoms with E-state index < -0.39 is 11.9 Å². The van der Waals surface area contributed by atoms with Crippen LogP contribution in [0.1, 0.15) is 12.5 Å². The van der Waals surface area contributed by atoms with Crippen molar-refractivity contribution in [2.75, 3.05) is 13.2 Å². The van der Waals surface area contributed by atoms with Gasteiger partial charge in [0.25, 0.3) is 0 Å². The normalized spacial score (nSPS) is 11.2. The predicted molar refractivity (Wildman–Crippen MR) is 117 cm³/mol. The SMILES string of the molecule is CCOC(=O)COc1ccccc1/C=C(\Sc1n[nH]c(-c2ccc(Cl)cc2)n1)C(=O)O. The van der Waals surface area contributed by atoms with Crippen molar-refractivity contribution < 1.29 is 24.2 Å². The zero-order chi connectivity index (χ0) is 22.2. The van der Waals surface area contributed by atoms with Gasteiger partial charge in [-0.25, -0.2) is 14.6 Å². The topological polar surface area (TPSA) is 114 Å². The minimum Gasteiger partial charge on any atom is -0.481 e. The molecule has 8 nitrogen and oxygen atoms in total. The zero-order valence-corrected chi connectivity index (χ0v) is 17.9. The Morgan fingerprint density at radius 1 is 1.19 bits per heavy atom. The number of carbonyl (C=O) groups excluding carboxylic acids is 1. The zero-order valence-electron chi connectivity index (χ0n) is 16.4. The average Bonchev–Trinajstić information content (AvgIpc) is 3.22. The molecule has 1 aromatic heterocycles. The number of carboxylic acids is 1. The molecule has 0 radical (unpaired) electrons. The van der Waals surface area contributed by atoms with Gasteiger partial charge in [-0.3, -0.25) is 5.10 Å². The van der Waals surface area contributed by atoms with Crippen molar-refractivity contribution in [3.63, 3.8) is 0 Å². The third-order valence-corrected chi connectivity index (χ3v) is 4.98. The molecule has 160 valence electrons. The van der Waals surface area contributed by atoms with E-state index in [9.17, 15) is 14.7 Å². The van der Waals surface area contributed by atoms with E-state index in [0.717, 1.165) is 17.3 Å². The monoisotopic (exact) mass is 459 g/mol. The van der Waals surface area contributed by atoms with E-state index in [-0.39, 0.29) is 23.3 Å². The molecule has 0 amide bonds. The Morgan fingerprint density at radius 2 is 1.94 bits per heavy atom. The summed E-state index contributed by atoms with van der Waals surface area (Å²) >= 11 is 6.78. The Morgan fingerprint density at radius 3 is 2.65 bits per heavy atom. The van der Waals surface area contributed by atoms with Crippen LogP contribution in [0.15, 0.2) is 58.6 Å². The third kappa shape index (κ3) is 6.34. The lowest BCUT2D eigenvalue weighted by Gasteiger charge is -2.09. The molecule has 1 heterocycles. The summed E-state index contributed by atoms with van der Waals surface area (Å²) in [7, 11) is 0. The summed E-state index contributed by atoms with van der Waals surface area (Å²) in [6, 6.07) is 13.8. The molecule has 0 unspecified atom stereocenters. The van der Waals surface area contributed by atoms with Crippen LogP contribution in [0.3, 0.4) is 0 Å². The van der Waals surface area contributed by atoms with Crippen LogP contribution in [0.25, 0.3) is 17.5 Å². The van der Waals surface area contributed by atoms with Gasteiger partial charge in [0.15, 0.2) is 12.4 Å². The van der Waals surface area contributed by atoms with Gasteiger partial charge in [0.2, 0.25) is 5.16 Å².